The lowest BCUT2D eigenvalue weighted by Gasteiger charge is -2.14. The van der Waals surface area contributed by atoms with Crippen LogP contribution in [0.4, 0.5) is 4.39 Å². The Morgan fingerprint density at radius 2 is 1.71 bits per heavy atom. The summed E-state index contributed by atoms with van der Waals surface area (Å²) in [6.45, 7) is 0. The van der Waals surface area contributed by atoms with Crippen molar-refractivity contribution in [3.8, 4) is 0 Å². The van der Waals surface area contributed by atoms with E-state index in [0.29, 0.717) is 5.56 Å². The van der Waals surface area contributed by atoms with Gasteiger partial charge >= 0.3 is 0 Å². The van der Waals surface area contributed by atoms with Crippen LogP contribution in [-0.4, -0.2) is 0 Å². The number of alkyl halides is 5. The molecule has 0 nitrogen and oxygen atoms in total. The van der Waals surface area contributed by atoms with E-state index in [0.717, 1.165) is 6.07 Å². The van der Waals surface area contributed by atoms with Crippen molar-refractivity contribution >= 4 is 58.0 Å². The Morgan fingerprint density at radius 3 is 2.14 bits per heavy atom. The van der Waals surface area contributed by atoms with E-state index < -0.39 is 14.4 Å². The van der Waals surface area contributed by atoms with E-state index in [1.807, 2.05) is 0 Å². The summed E-state index contributed by atoms with van der Waals surface area (Å²) in [5, 5.41) is 0. The molecule has 0 saturated carbocycles. The molecule has 0 radical (unpaired) electrons. The van der Waals surface area contributed by atoms with Gasteiger partial charge in [0, 0.05) is 5.56 Å². The molecule has 0 atom stereocenters. The first kappa shape index (κ1) is 12.7. The average Bonchev–Trinajstić information content (AvgIpc) is 2.02. The van der Waals surface area contributed by atoms with Crippen molar-refractivity contribution in [2.75, 3.05) is 0 Å². The summed E-state index contributed by atoms with van der Waals surface area (Å²) in [6, 6.07) is 3.91. The fraction of sp³-hybridized carbons (Fsp3) is 0.250. The predicted molar refractivity (Wildman–Crippen MR) is 60.1 cm³/mol. The maximum Gasteiger partial charge on any atom is 0.218 e. The van der Waals surface area contributed by atoms with E-state index in [4.69, 9.17) is 58.0 Å². The van der Waals surface area contributed by atoms with Crippen LogP contribution in [0.1, 0.15) is 16.0 Å². The fourth-order valence-corrected chi connectivity index (χ4v) is 1.60. The molecule has 78 valence electrons. The van der Waals surface area contributed by atoms with Crippen molar-refractivity contribution in [2.24, 2.45) is 0 Å². The molecule has 1 rings (SSSR count). The Kier molecular flexibility index (Phi) is 4.19. The molecule has 1 aromatic rings. The topological polar surface area (TPSA) is 0 Å². The normalized spacial score (nSPS) is 12.2. The molecule has 1 aromatic carbocycles. The van der Waals surface area contributed by atoms with Crippen molar-refractivity contribution in [3.63, 3.8) is 0 Å². The van der Waals surface area contributed by atoms with Gasteiger partial charge in [-0.2, -0.15) is 0 Å². The van der Waals surface area contributed by atoms with Crippen LogP contribution in [0.3, 0.4) is 0 Å². The first-order valence-electron chi connectivity index (χ1n) is 3.47. The number of rotatable bonds is 1. The maximum atomic E-state index is 13.2. The Balaban J connectivity index is 3.22. The Hall–Kier alpha value is 0.600. The van der Waals surface area contributed by atoms with Gasteiger partial charge in [-0.3, -0.25) is 0 Å². The lowest BCUT2D eigenvalue weighted by atomic mass is 10.1. The third-order valence-electron chi connectivity index (χ3n) is 1.55. The molecule has 0 aliphatic rings. The van der Waals surface area contributed by atoms with Gasteiger partial charge in [0.1, 0.15) is 10.7 Å². The first-order valence-corrected chi connectivity index (χ1v) is 5.48. The molecule has 0 unspecified atom stereocenters. The molecule has 0 saturated heterocycles. The highest BCUT2D eigenvalue weighted by Gasteiger charge is 2.27. The van der Waals surface area contributed by atoms with Crippen LogP contribution in [0.2, 0.25) is 0 Å². The molecule has 0 aliphatic heterocycles. The quantitative estimate of drug-likeness (QED) is 0.630. The molecule has 0 N–H and O–H groups in total. The van der Waals surface area contributed by atoms with Gasteiger partial charge in [0.05, 0.1) is 0 Å². The molecule has 0 aliphatic carbocycles. The lowest BCUT2D eigenvalue weighted by molar-refractivity contribution is 0.612. The minimum atomic E-state index is -1.82. The standard InChI is InChI=1S/C8H4Cl5F/c9-7(10)4-1-2-6(14)5(3-4)8(11,12)13/h1-3,7H. The van der Waals surface area contributed by atoms with Gasteiger partial charge in [0.15, 0.2) is 0 Å². The molecule has 0 spiro atoms. The zero-order valence-electron chi connectivity index (χ0n) is 6.58. The van der Waals surface area contributed by atoms with Crippen molar-refractivity contribution in [2.45, 2.75) is 8.63 Å². The molecule has 0 aromatic heterocycles. The van der Waals surface area contributed by atoms with Crippen LogP contribution in [0, 0.1) is 5.82 Å². The second kappa shape index (κ2) is 4.63. The SMILES string of the molecule is Fc1ccc(C(Cl)Cl)cc1C(Cl)(Cl)Cl. The number of benzene rings is 1. The second-order valence-corrected chi connectivity index (χ2v) is 5.92. The van der Waals surface area contributed by atoms with Gasteiger partial charge in [-0.05, 0) is 17.7 Å². The molecular formula is C8H4Cl5F. The van der Waals surface area contributed by atoms with Crippen LogP contribution < -0.4 is 0 Å². The highest BCUT2D eigenvalue weighted by atomic mass is 35.6. The summed E-state index contributed by atoms with van der Waals surface area (Å²) in [7, 11) is 0. The highest BCUT2D eigenvalue weighted by Crippen LogP contribution is 2.41. The molecule has 14 heavy (non-hydrogen) atoms. The molecule has 0 fully saturated rings. The number of hydrogen-bond donors (Lipinski definition) is 0. The van der Waals surface area contributed by atoms with Crippen molar-refractivity contribution in [3.05, 3.63) is 35.1 Å². The van der Waals surface area contributed by atoms with Gasteiger partial charge in [0.2, 0.25) is 3.79 Å². The third kappa shape index (κ3) is 3.04. The molecule has 0 amide bonds. The van der Waals surface area contributed by atoms with Crippen LogP contribution in [-0.2, 0) is 3.79 Å². The maximum absolute atomic E-state index is 13.2. The largest absolute Gasteiger partial charge is 0.218 e. The monoisotopic (exact) mass is 294 g/mol. The van der Waals surface area contributed by atoms with Gasteiger partial charge in [-0.25, -0.2) is 4.39 Å². The summed E-state index contributed by atoms with van der Waals surface area (Å²) < 4.78 is 11.4. The summed E-state index contributed by atoms with van der Waals surface area (Å²) >= 11 is 27.8. The third-order valence-corrected chi connectivity index (χ3v) is 2.66. The molecular weight excluding hydrogens is 292 g/mol. The van der Waals surface area contributed by atoms with Crippen LogP contribution in [0.15, 0.2) is 18.2 Å². The lowest BCUT2D eigenvalue weighted by Crippen LogP contribution is -2.04. The summed E-state index contributed by atoms with van der Waals surface area (Å²) in [5.74, 6) is -0.609. The van der Waals surface area contributed by atoms with Gasteiger partial charge in [0.25, 0.3) is 0 Å². The van der Waals surface area contributed by atoms with Crippen molar-refractivity contribution in [1.82, 2.24) is 0 Å². The Bertz CT molecular complexity index is 331. The molecule has 0 heterocycles. The van der Waals surface area contributed by atoms with Gasteiger partial charge < -0.3 is 0 Å². The van der Waals surface area contributed by atoms with Gasteiger partial charge in [-0.15, -0.1) is 23.2 Å². The van der Waals surface area contributed by atoms with E-state index >= 15 is 0 Å². The Morgan fingerprint density at radius 1 is 1.14 bits per heavy atom. The highest BCUT2D eigenvalue weighted by molar-refractivity contribution is 6.66. The predicted octanol–water partition coefficient (Wildman–Crippen LogP) is 5.13. The summed E-state index contributed by atoms with van der Waals surface area (Å²) in [6.07, 6.45) is 0. The van der Waals surface area contributed by atoms with Crippen LogP contribution in [0.25, 0.3) is 0 Å². The molecule has 6 heteroatoms. The zero-order chi connectivity index (χ0) is 10.9. The van der Waals surface area contributed by atoms with E-state index in [-0.39, 0.29) is 5.56 Å². The number of hydrogen-bond acceptors (Lipinski definition) is 0. The zero-order valence-corrected chi connectivity index (χ0v) is 10.4. The van der Waals surface area contributed by atoms with Crippen molar-refractivity contribution in [1.29, 1.82) is 0 Å². The molecule has 0 bridgehead atoms. The van der Waals surface area contributed by atoms with E-state index in [2.05, 4.69) is 0 Å². The van der Waals surface area contributed by atoms with E-state index in [1.54, 1.807) is 0 Å². The fourth-order valence-electron chi connectivity index (χ4n) is 0.896. The van der Waals surface area contributed by atoms with Crippen LogP contribution >= 0.6 is 58.0 Å². The average molecular weight is 296 g/mol. The Labute approximate surface area is 106 Å². The van der Waals surface area contributed by atoms with Gasteiger partial charge in [-0.1, -0.05) is 40.9 Å². The van der Waals surface area contributed by atoms with E-state index in [1.165, 1.54) is 12.1 Å². The second-order valence-electron chi connectivity index (χ2n) is 2.54. The van der Waals surface area contributed by atoms with Crippen molar-refractivity contribution < 1.29 is 4.39 Å². The summed E-state index contributed by atoms with van der Waals surface area (Å²) in [4.78, 5) is -0.776. The van der Waals surface area contributed by atoms with Crippen LogP contribution in [0.5, 0.6) is 0 Å². The minimum Gasteiger partial charge on any atom is -0.207 e. The minimum absolute atomic E-state index is 0.0636. The van der Waals surface area contributed by atoms with E-state index in [9.17, 15) is 4.39 Å². The summed E-state index contributed by atoms with van der Waals surface area (Å²) in [5.41, 5.74) is 0.419. The number of halogens is 6. The smallest absolute Gasteiger partial charge is 0.207 e. The first-order chi connectivity index (χ1) is 6.32.